The highest BCUT2D eigenvalue weighted by molar-refractivity contribution is 6.05. The molecule has 4 amide bonds. The molecular weight excluding hydrogens is 408 g/mol. The molecule has 4 rings (SSSR count). The lowest BCUT2D eigenvalue weighted by Gasteiger charge is -2.13. The summed E-state index contributed by atoms with van der Waals surface area (Å²) >= 11 is 0. The molecule has 8 nitrogen and oxygen atoms in total. The van der Waals surface area contributed by atoms with Crippen molar-refractivity contribution in [3.63, 3.8) is 0 Å². The van der Waals surface area contributed by atoms with Crippen LogP contribution < -0.4 is 10.6 Å². The molecule has 1 saturated heterocycles. The first-order valence-corrected chi connectivity index (χ1v) is 10.6. The summed E-state index contributed by atoms with van der Waals surface area (Å²) in [6.07, 6.45) is 2.33. The standard InChI is InChI=1S/C24H26N4O4/c1-32-15-14-27-13-12-18-19(8-5-9-21(18)27)25-22(29)11-10-20-23(30)28(24(31)26-20)16-17-6-3-2-4-7-17/h2-9,12-13,20H,10-11,14-16H2,1H3,(H,25,29)(H,26,31). The molecule has 2 N–H and O–H groups in total. The number of urea groups is 1. The third kappa shape index (κ3) is 4.65. The third-order valence-electron chi connectivity index (χ3n) is 5.57. The lowest BCUT2D eigenvalue weighted by Crippen LogP contribution is -2.31. The summed E-state index contributed by atoms with van der Waals surface area (Å²) in [6.45, 7) is 1.54. The zero-order valence-corrected chi connectivity index (χ0v) is 17.9. The van der Waals surface area contributed by atoms with E-state index in [9.17, 15) is 14.4 Å². The number of hydrogen-bond donors (Lipinski definition) is 2. The molecule has 2 aromatic carbocycles. The first kappa shape index (κ1) is 21.6. The number of carbonyl (C=O) groups excluding carboxylic acids is 3. The molecule has 0 bridgehead atoms. The predicted octanol–water partition coefficient (Wildman–Crippen LogP) is 3.13. The van der Waals surface area contributed by atoms with Gasteiger partial charge in [0.25, 0.3) is 5.91 Å². The minimum absolute atomic E-state index is 0.122. The van der Waals surface area contributed by atoms with Crippen LogP contribution in [-0.2, 0) is 27.4 Å². The Bertz CT molecular complexity index is 1130. The normalized spacial score (nSPS) is 15.9. The van der Waals surface area contributed by atoms with Gasteiger partial charge >= 0.3 is 6.03 Å². The number of amides is 4. The van der Waals surface area contributed by atoms with Crippen LogP contribution in [0.4, 0.5) is 10.5 Å². The van der Waals surface area contributed by atoms with E-state index in [1.165, 1.54) is 4.90 Å². The van der Waals surface area contributed by atoms with E-state index in [-0.39, 0.29) is 31.2 Å². The molecule has 1 fully saturated rings. The second-order valence-corrected chi connectivity index (χ2v) is 7.74. The fourth-order valence-electron chi connectivity index (χ4n) is 3.89. The number of anilines is 1. The van der Waals surface area contributed by atoms with Gasteiger partial charge in [0.2, 0.25) is 5.91 Å². The first-order valence-electron chi connectivity index (χ1n) is 10.6. The van der Waals surface area contributed by atoms with E-state index in [1.807, 2.05) is 60.8 Å². The van der Waals surface area contributed by atoms with E-state index in [0.29, 0.717) is 6.61 Å². The zero-order chi connectivity index (χ0) is 22.5. The summed E-state index contributed by atoms with van der Waals surface area (Å²) in [5.74, 6) is -0.505. The molecular formula is C24H26N4O4. The topological polar surface area (TPSA) is 92.7 Å². The Morgan fingerprint density at radius 3 is 2.69 bits per heavy atom. The van der Waals surface area contributed by atoms with Gasteiger partial charge in [-0.25, -0.2) is 4.79 Å². The molecule has 0 aliphatic carbocycles. The van der Waals surface area contributed by atoms with Crippen molar-refractivity contribution in [3.05, 3.63) is 66.4 Å². The second kappa shape index (κ2) is 9.65. The summed E-state index contributed by atoms with van der Waals surface area (Å²) < 4.78 is 7.22. The molecule has 0 radical (unpaired) electrons. The summed E-state index contributed by atoms with van der Waals surface area (Å²) in [5, 5.41) is 6.56. The van der Waals surface area contributed by atoms with E-state index in [0.717, 1.165) is 28.7 Å². The van der Waals surface area contributed by atoms with Gasteiger partial charge in [0.1, 0.15) is 6.04 Å². The van der Waals surface area contributed by atoms with Gasteiger partial charge in [-0.2, -0.15) is 0 Å². The maximum Gasteiger partial charge on any atom is 0.325 e. The van der Waals surface area contributed by atoms with Crippen LogP contribution in [0.3, 0.4) is 0 Å². The Kier molecular flexibility index (Phi) is 6.51. The highest BCUT2D eigenvalue weighted by Crippen LogP contribution is 2.25. The van der Waals surface area contributed by atoms with Crippen LogP contribution in [0.1, 0.15) is 18.4 Å². The van der Waals surface area contributed by atoms with Gasteiger partial charge in [0.15, 0.2) is 0 Å². The Labute approximate surface area is 186 Å². The van der Waals surface area contributed by atoms with Gasteiger partial charge < -0.3 is 19.9 Å². The molecule has 1 aliphatic heterocycles. The maximum absolute atomic E-state index is 12.7. The molecule has 1 aromatic heterocycles. The summed E-state index contributed by atoms with van der Waals surface area (Å²) in [5.41, 5.74) is 2.60. The van der Waals surface area contributed by atoms with Crippen molar-refractivity contribution in [2.45, 2.75) is 32.0 Å². The van der Waals surface area contributed by atoms with E-state index in [2.05, 4.69) is 15.2 Å². The minimum Gasteiger partial charge on any atom is -0.383 e. The van der Waals surface area contributed by atoms with Gasteiger partial charge in [-0.1, -0.05) is 36.4 Å². The maximum atomic E-state index is 12.7. The zero-order valence-electron chi connectivity index (χ0n) is 17.9. The highest BCUT2D eigenvalue weighted by Gasteiger charge is 2.37. The number of rotatable bonds is 9. The molecule has 1 aliphatic rings. The summed E-state index contributed by atoms with van der Waals surface area (Å²) in [4.78, 5) is 38.7. The lowest BCUT2D eigenvalue weighted by molar-refractivity contribution is -0.128. The smallest absolute Gasteiger partial charge is 0.325 e. The van der Waals surface area contributed by atoms with E-state index < -0.39 is 12.1 Å². The Morgan fingerprint density at radius 2 is 1.91 bits per heavy atom. The van der Waals surface area contributed by atoms with Crippen molar-refractivity contribution in [3.8, 4) is 0 Å². The fraction of sp³-hybridized carbons (Fsp3) is 0.292. The van der Waals surface area contributed by atoms with Crippen LogP contribution in [0.15, 0.2) is 60.8 Å². The fourth-order valence-corrected chi connectivity index (χ4v) is 3.89. The van der Waals surface area contributed by atoms with Crippen LogP contribution >= 0.6 is 0 Å². The Balaban J connectivity index is 1.35. The van der Waals surface area contributed by atoms with Crippen molar-refractivity contribution in [1.29, 1.82) is 0 Å². The number of ether oxygens (including phenoxy) is 1. The van der Waals surface area contributed by atoms with Gasteiger partial charge in [-0.15, -0.1) is 0 Å². The van der Waals surface area contributed by atoms with Crippen molar-refractivity contribution < 1.29 is 19.1 Å². The number of nitrogens with zero attached hydrogens (tertiary/aromatic N) is 2. The van der Waals surface area contributed by atoms with E-state index in [1.54, 1.807) is 7.11 Å². The average Bonchev–Trinajstić information content (AvgIpc) is 3.33. The molecule has 3 aromatic rings. The number of aromatic nitrogens is 1. The van der Waals surface area contributed by atoms with Crippen LogP contribution in [-0.4, -0.2) is 47.1 Å². The monoisotopic (exact) mass is 434 g/mol. The van der Waals surface area contributed by atoms with E-state index >= 15 is 0 Å². The van der Waals surface area contributed by atoms with Crippen LogP contribution in [0.25, 0.3) is 10.9 Å². The average molecular weight is 434 g/mol. The minimum atomic E-state index is -0.692. The number of imide groups is 1. The number of benzene rings is 2. The highest BCUT2D eigenvalue weighted by atomic mass is 16.5. The van der Waals surface area contributed by atoms with Gasteiger partial charge in [-0.05, 0) is 30.2 Å². The number of methoxy groups -OCH3 is 1. The third-order valence-corrected chi connectivity index (χ3v) is 5.57. The molecule has 0 spiro atoms. The van der Waals surface area contributed by atoms with Gasteiger partial charge in [-0.3, -0.25) is 14.5 Å². The van der Waals surface area contributed by atoms with Crippen molar-refractivity contribution >= 4 is 34.4 Å². The van der Waals surface area contributed by atoms with Crippen molar-refractivity contribution in [1.82, 2.24) is 14.8 Å². The molecule has 1 atom stereocenters. The number of carbonyl (C=O) groups is 3. The Hall–Kier alpha value is -3.65. The molecule has 2 heterocycles. The second-order valence-electron chi connectivity index (χ2n) is 7.74. The van der Waals surface area contributed by atoms with Crippen LogP contribution in [0, 0.1) is 0 Å². The van der Waals surface area contributed by atoms with Gasteiger partial charge in [0.05, 0.1) is 24.4 Å². The predicted molar refractivity (Wildman–Crippen MR) is 121 cm³/mol. The largest absolute Gasteiger partial charge is 0.383 e. The van der Waals surface area contributed by atoms with Crippen LogP contribution in [0.5, 0.6) is 0 Å². The molecule has 32 heavy (non-hydrogen) atoms. The summed E-state index contributed by atoms with van der Waals surface area (Å²) in [7, 11) is 1.66. The number of nitrogens with one attached hydrogen (secondary N) is 2. The Morgan fingerprint density at radius 1 is 1.09 bits per heavy atom. The molecule has 1 unspecified atom stereocenters. The van der Waals surface area contributed by atoms with Crippen molar-refractivity contribution in [2.75, 3.05) is 19.0 Å². The SMILES string of the molecule is COCCn1ccc2c(NC(=O)CCC3NC(=O)N(Cc4ccccc4)C3=O)cccc21. The van der Waals surface area contributed by atoms with Gasteiger partial charge in [0, 0.05) is 31.7 Å². The summed E-state index contributed by atoms with van der Waals surface area (Å²) in [6, 6.07) is 15.9. The molecule has 166 valence electrons. The quantitative estimate of drug-likeness (QED) is 0.506. The van der Waals surface area contributed by atoms with Crippen LogP contribution in [0.2, 0.25) is 0 Å². The molecule has 8 heteroatoms. The lowest BCUT2D eigenvalue weighted by atomic mass is 10.1. The van der Waals surface area contributed by atoms with Crippen molar-refractivity contribution in [2.24, 2.45) is 0 Å². The number of hydrogen-bond acceptors (Lipinski definition) is 4. The van der Waals surface area contributed by atoms with E-state index in [4.69, 9.17) is 4.74 Å². The number of fused-ring (bicyclic) bond motifs is 1. The first-order chi connectivity index (χ1) is 15.6. The molecule has 0 saturated carbocycles.